The van der Waals surface area contributed by atoms with Gasteiger partial charge in [-0.25, -0.2) is 4.79 Å². The van der Waals surface area contributed by atoms with Gasteiger partial charge in [0.1, 0.15) is 5.76 Å². The lowest BCUT2D eigenvalue weighted by Gasteiger charge is -1.97. The first-order chi connectivity index (χ1) is 7.22. The Hall–Kier alpha value is -2.04. The van der Waals surface area contributed by atoms with Gasteiger partial charge in [-0.15, -0.1) is 0 Å². The Kier molecular flexibility index (Phi) is 4.15. The first-order valence-electron chi connectivity index (χ1n) is 4.28. The SMILES string of the molecule is COC(=O)/C=C/C(=O)NCc1ccco1. The second-order valence-corrected chi connectivity index (χ2v) is 2.65. The van der Waals surface area contributed by atoms with E-state index in [-0.39, 0.29) is 12.5 Å². The Balaban J connectivity index is 2.31. The summed E-state index contributed by atoms with van der Waals surface area (Å²) >= 11 is 0. The van der Waals surface area contributed by atoms with E-state index in [4.69, 9.17) is 4.42 Å². The van der Waals surface area contributed by atoms with Crippen molar-refractivity contribution in [2.75, 3.05) is 7.11 Å². The van der Waals surface area contributed by atoms with Crippen LogP contribution in [0.2, 0.25) is 0 Å². The molecule has 0 saturated heterocycles. The van der Waals surface area contributed by atoms with Crippen LogP contribution in [0.5, 0.6) is 0 Å². The standard InChI is InChI=1S/C10H11NO4/c1-14-10(13)5-4-9(12)11-7-8-3-2-6-15-8/h2-6H,7H2,1H3,(H,11,12)/b5-4+. The average molecular weight is 209 g/mol. The molecule has 0 aliphatic heterocycles. The number of hydrogen-bond acceptors (Lipinski definition) is 4. The van der Waals surface area contributed by atoms with E-state index < -0.39 is 5.97 Å². The van der Waals surface area contributed by atoms with Gasteiger partial charge in [0, 0.05) is 12.2 Å². The average Bonchev–Trinajstić information content (AvgIpc) is 2.75. The molecule has 0 fully saturated rings. The van der Waals surface area contributed by atoms with Gasteiger partial charge in [-0.1, -0.05) is 0 Å². The lowest BCUT2D eigenvalue weighted by atomic mass is 10.4. The summed E-state index contributed by atoms with van der Waals surface area (Å²) in [6.45, 7) is 0.289. The molecule has 0 aliphatic rings. The van der Waals surface area contributed by atoms with Crippen molar-refractivity contribution in [3.05, 3.63) is 36.3 Å². The van der Waals surface area contributed by atoms with Gasteiger partial charge in [0.2, 0.25) is 5.91 Å². The van der Waals surface area contributed by atoms with E-state index in [9.17, 15) is 9.59 Å². The largest absolute Gasteiger partial charge is 0.467 e. The van der Waals surface area contributed by atoms with Crippen molar-refractivity contribution in [3.8, 4) is 0 Å². The molecular formula is C10H11NO4. The van der Waals surface area contributed by atoms with Crippen molar-refractivity contribution in [1.29, 1.82) is 0 Å². The Morgan fingerprint density at radius 1 is 1.53 bits per heavy atom. The van der Waals surface area contributed by atoms with E-state index in [0.717, 1.165) is 12.2 Å². The van der Waals surface area contributed by atoms with Crippen LogP contribution in [0.25, 0.3) is 0 Å². The van der Waals surface area contributed by atoms with Gasteiger partial charge < -0.3 is 14.5 Å². The number of amides is 1. The smallest absolute Gasteiger partial charge is 0.330 e. The number of nitrogens with one attached hydrogen (secondary N) is 1. The van der Waals surface area contributed by atoms with Crippen LogP contribution in [-0.2, 0) is 20.9 Å². The van der Waals surface area contributed by atoms with Gasteiger partial charge in [-0.3, -0.25) is 4.79 Å². The molecule has 0 bridgehead atoms. The Morgan fingerprint density at radius 3 is 2.93 bits per heavy atom. The van der Waals surface area contributed by atoms with Crippen LogP contribution in [0.3, 0.4) is 0 Å². The van der Waals surface area contributed by atoms with Crippen molar-refractivity contribution >= 4 is 11.9 Å². The number of hydrogen-bond donors (Lipinski definition) is 1. The topological polar surface area (TPSA) is 68.5 Å². The summed E-state index contributed by atoms with van der Waals surface area (Å²) in [5.41, 5.74) is 0. The number of esters is 1. The third-order valence-corrected chi connectivity index (χ3v) is 1.59. The maximum absolute atomic E-state index is 11.1. The van der Waals surface area contributed by atoms with Crippen molar-refractivity contribution < 1.29 is 18.7 Å². The molecule has 1 heterocycles. The summed E-state index contributed by atoms with van der Waals surface area (Å²) in [6, 6.07) is 3.47. The zero-order chi connectivity index (χ0) is 11.1. The molecule has 0 atom stereocenters. The Morgan fingerprint density at radius 2 is 2.33 bits per heavy atom. The molecule has 80 valence electrons. The van der Waals surface area contributed by atoms with Crippen LogP contribution in [0.4, 0.5) is 0 Å². The molecule has 0 unspecified atom stereocenters. The third kappa shape index (κ3) is 4.12. The molecule has 1 N–H and O–H groups in total. The fraction of sp³-hybridized carbons (Fsp3) is 0.200. The second-order valence-electron chi connectivity index (χ2n) is 2.65. The van der Waals surface area contributed by atoms with Gasteiger partial charge in [-0.05, 0) is 12.1 Å². The second kappa shape index (κ2) is 5.64. The molecule has 0 aromatic carbocycles. The molecule has 1 rings (SSSR count). The van der Waals surface area contributed by atoms with Crippen LogP contribution in [0.15, 0.2) is 35.0 Å². The third-order valence-electron chi connectivity index (χ3n) is 1.59. The minimum Gasteiger partial charge on any atom is -0.467 e. The molecule has 1 aromatic rings. The molecule has 5 nitrogen and oxygen atoms in total. The van der Waals surface area contributed by atoms with E-state index in [1.54, 1.807) is 12.1 Å². The first kappa shape index (κ1) is 11.0. The van der Waals surface area contributed by atoms with Crippen molar-refractivity contribution in [3.63, 3.8) is 0 Å². The fourth-order valence-electron chi connectivity index (χ4n) is 0.858. The Bertz CT molecular complexity index is 354. The number of furan rings is 1. The fourth-order valence-corrected chi connectivity index (χ4v) is 0.858. The molecule has 0 saturated carbocycles. The number of methoxy groups -OCH3 is 1. The van der Waals surface area contributed by atoms with Crippen molar-refractivity contribution in [2.45, 2.75) is 6.54 Å². The van der Waals surface area contributed by atoms with Crippen LogP contribution in [0, 0.1) is 0 Å². The molecule has 5 heteroatoms. The van der Waals surface area contributed by atoms with Gasteiger partial charge >= 0.3 is 5.97 Å². The van der Waals surface area contributed by atoms with Crippen molar-refractivity contribution in [2.24, 2.45) is 0 Å². The molecule has 0 spiro atoms. The normalized spacial score (nSPS) is 10.2. The summed E-state index contributed by atoms with van der Waals surface area (Å²) in [6.07, 6.45) is 3.68. The van der Waals surface area contributed by atoms with E-state index >= 15 is 0 Å². The van der Waals surface area contributed by atoms with E-state index in [2.05, 4.69) is 10.1 Å². The van der Waals surface area contributed by atoms with E-state index in [1.165, 1.54) is 13.4 Å². The number of ether oxygens (including phenoxy) is 1. The summed E-state index contributed by atoms with van der Waals surface area (Å²) in [7, 11) is 1.24. The molecule has 0 aliphatic carbocycles. The monoisotopic (exact) mass is 209 g/mol. The number of rotatable bonds is 4. The maximum atomic E-state index is 11.1. The molecular weight excluding hydrogens is 198 g/mol. The minimum absolute atomic E-state index is 0.289. The van der Waals surface area contributed by atoms with Crippen LogP contribution in [0.1, 0.15) is 5.76 Å². The van der Waals surface area contributed by atoms with Crippen LogP contribution >= 0.6 is 0 Å². The van der Waals surface area contributed by atoms with E-state index in [0.29, 0.717) is 5.76 Å². The molecule has 1 aromatic heterocycles. The summed E-state index contributed by atoms with van der Waals surface area (Å²) in [5, 5.41) is 2.54. The first-order valence-corrected chi connectivity index (χ1v) is 4.28. The molecule has 1 amide bonds. The highest BCUT2D eigenvalue weighted by Crippen LogP contribution is 1.98. The van der Waals surface area contributed by atoms with Crippen LogP contribution < -0.4 is 5.32 Å². The van der Waals surface area contributed by atoms with E-state index in [1.807, 2.05) is 0 Å². The maximum Gasteiger partial charge on any atom is 0.330 e. The lowest BCUT2D eigenvalue weighted by Crippen LogP contribution is -2.20. The summed E-state index contributed by atoms with van der Waals surface area (Å²) in [4.78, 5) is 21.8. The predicted octanol–water partition coefficient (Wildman–Crippen LogP) is 0.625. The minimum atomic E-state index is -0.567. The number of carbonyl (C=O) groups is 2. The number of carbonyl (C=O) groups excluding carboxylic acids is 2. The quantitative estimate of drug-likeness (QED) is 0.583. The Labute approximate surface area is 86.7 Å². The summed E-state index contributed by atoms with van der Waals surface area (Å²) < 4.78 is 9.33. The predicted molar refractivity (Wildman–Crippen MR) is 51.7 cm³/mol. The van der Waals surface area contributed by atoms with Gasteiger partial charge in [0.25, 0.3) is 0 Å². The highest BCUT2D eigenvalue weighted by atomic mass is 16.5. The molecule has 15 heavy (non-hydrogen) atoms. The lowest BCUT2D eigenvalue weighted by molar-refractivity contribution is -0.135. The zero-order valence-electron chi connectivity index (χ0n) is 8.23. The van der Waals surface area contributed by atoms with Gasteiger partial charge in [-0.2, -0.15) is 0 Å². The zero-order valence-corrected chi connectivity index (χ0v) is 8.23. The van der Waals surface area contributed by atoms with Gasteiger partial charge in [0.05, 0.1) is 19.9 Å². The summed E-state index contributed by atoms with van der Waals surface area (Å²) in [5.74, 6) is -0.297. The van der Waals surface area contributed by atoms with Crippen LogP contribution in [-0.4, -0.2) is 19.0 Å². The van der Waals surface area contributed by atoms with Crippen molar-refractivity contribution in [1.82, 2.24) is 5.32 Å². The molecule has 0 radical (unpaired) electrons. The van der Waals surface area contributed by atoms with Gasteiger partial charge in [0.15, 0.2) is 0 Å². The highest BCUT2D eigenvalue weighted by Gasteiger charge is 1.99. The highest BCUT2D eigenvalue weighted by molar-refractivity contribution is 5.94.